The number of nitrogens with zero attached hydrogens (tertiary/aromatic N) is 2. The van der Waals surface area contributed by atoms with Gasteiger partial charge in [0.1, 0.15) is 5.52 Å². The van der Waals surface area contributed by atoms with Crippen molar-refractivity contribution in [3.63, 3.8) is 0 Å². The molecule has 0 atom stereocenters. The molecule has 0 bridgehead atoms. The molecule has 1 heterocycles. The van der Waals surface area contributed by atoms with Crippen molar-refractivity contribution in [3.8, 4) is 0 Å². The van der Waals surface area contributed by atoms with Gasteiger partial charge in [-0.2, -0.15) is 0 Å². The maximum absolute atomic E-state index is 11.4. The van der Waals surface area contributed by atoms with E-state index in [1.54, 1.807) is 32.3 Å². The van der Waals surface area contributed by atoms with E-state index in [-0.39, 0.29) is 5.91 Å². The molecule has 0 saturated heterocycles. The van der Waals surface area contributed by atoms with Crippen LogP contribution in [0.1, 0.15) is 0 Å². The van der Waals surface area contributed by atoms with Gasteiger partial charge in [0, 0.05) is 25.2 Å². The second-order valence-corrected chi connectivity index (χ2v) is 5.03. The third-order valence-electron chi connectivity index (χ3n) is 2.15. The molecule has 0 spiro atoms. The summed E-state index contributed by atoms with van der Waals surface area (Å²) in [4.78, 5) is 17.2. The molecule has 0 unspecified atom stereocenters. The van der Waals surface area contributed by atoms with Crippen LogP contribution in [0, 0.1) is 0 Å². The first-order chi connectivity index (χ1) is 8.06. The number of fused-ring (bicyclic) bond motifs is 1. The van der Waals surface area contributed by atoms with E-state index < -0.39 is 0 Å². The van der Waals surface area contributed by atoms with E-state index >= 15 is 0 Å². The highest BCUT2D eigenvalue weighted by Gasteiger charge is 2.10. The summed E-state index contributed by atoms with van der Waals surface area (Å²) in [5.41, 5.74) is 1.38. The zero-order valence-electron chi connectivity index (χ0n) is 9.44. The minimum atomic E-state index is 0.0234. The Balaban J connectivity index is 2.12. The zero-order valence-corrected chi connectivity index (χ0v) is 11.0. The van der Waals surface area contributed by atoms with Crippen LogP contribution in [0.25, 0.3) is 11.1 Å². The molecule has 17 heavy (non-hydrogen) atoms. The van der Waals surface area contributed by atoms with Gasteiger partial charge in [-0.1, -0.05) is 23.4 Å². The number of benzene rings is 1. The highest BCUT2D eigenvalue weighted by atomic mass is 35.5. The van der Waals surface area contributed by atoms with Crippen LogP contribution in [0.3, 0.4) is 0 Å². The lowest BCUT2D eigenvalue weighted by atomic mass is 10.3. The number of aromatic nitrogens is 1. The van der Waals surface area contributed by atoms with E-state index in [0.717, 1.165) is 5.52 Å². The smallest absolute Gasteiger partial charge is 0.257 e. The molecule has 1 amide bonds. The second-order valence-electron chi connectivity index (χ2n) is 3.67. The Morgan fingerprint density at radius 1 is 1.53 bits per heavy atom. The summed E-state index contributed by atoms with van der Waals surface area (Å²) in [5, 5.41) is 1.09. The molecule has 90 valence electrons. The highest BCUT2D eigenvalue weighted by molar-refractivity contribution is 7.99. The number of hydrogen-bond acceptors (Lipinski definition) is 4. The van der Waals surface area contributed by atoms with E-state index in [0.29, 0.717) is 21.6 Å². The molecular weight excluding hydrogens is 260 g/mol. The predicted octanol–water partition coefficient (Wildman–Crippen LogP) is 2.66. The number of hydrogen-bond donors (Lipinski definition) is 0. The molecule has 0 N–H and O–H groups in total. The van der Waals surface area contributed by atoms with Crippen molar-refractivity contribution in [2.24, 2.45) is 0 Å². The van der Waals surface area contributed by atoms with E-state index in [1.807, 2.05) is 0 Å². The van der Waals surface area contributed by atoms with E-state index in [9.17, 15) is 4.79 Å². The first-order valence-electron chi connectivity index (χ1n) is 4.95. The molecule has 0 aliphatic rings. The molecule has 0 aliphatic carbocycles. The Morgan fingerprint density at radius 2 is 2.29 bits per heavy atom. The molecule has 0 radical (unpaired) electrons. The van der Waals surface area contributed by atoms with E-state index in [4.69, 9.17) is 16.0 Å². The fraction of sp³-hybridized carbons (Fsp3) is 0.273. The van der Waals surface area contributed by atoms with Crippen molar-refractivity contribution >= 4 is 40.4 Å². The number of halogens is 1. The van der Waals surface area contributed by atoms with Crippen LogP contribution in [0.4, 0.5) is 0 Å². The van der Waals surface area contributed by atoms with Gasteiger partial charge in [-0.15, -0.1) is 0 Å². The lowest BCUT2D eigenvalue weighted by molar-refractivity contribution is -0.125. The Labute approximate surface area is 108 Å². The maximum atomic E-state index is 11.4. The molecule has 0 aliphatic heterocycles. The highest BCUT2D eigenvalue weighted by Crippen LogP contribution is 2.25. The Kier molecular flexibility index (Phi) is 3.59. The van der Waals surface area contributed by atoms with Gasteiger partial charge in [-0.25, -0.2) is 4.98 Å². The molecule has 1 aromatic heterocycles. The van der Waals surface area contributed by atoms with Crippen LogP contribution in [0.15, 0.2) is 27.8 Å². The number of carbonyl (C=O) groups is 1. The Bertz CT molecular complexity index is 553. The largest absolute Gasteiger partial charge is 0.431 e. The molecule has 2 aromatic rings. The number of oxazole rings is 1. The topological polar surface area (TPSA) is 46.3 Å². The van der Waals surface area contributed by atoms with E-state index in [1.165, 1.54) is 16.7 Å². The average Bonchev–Trinajstić information content (AvgIpc) is 2.67. The fourth-order valence-corrected chi connectivity index (χ4v) is 2.17. The van der Waals surface area contributed by atoms with Crippen molar-refractivity contribution in [2.75, 3.05) is 19.8 Å². The van der Waals surface area contributed by atoms with Crippen LogP contribution in [0.5, 0.6) is 0 Å². The fourth-order valence-electron chi connectivity index (χ4n) is 1.19. The van der Waals surface area contributed by atoms with Crippen LogP contribution < -0.4 is 0 Å². The lowest BCUT2D eigenvalue weighted by Gasteiger charge is -2.07. The molecular formula is C11H11ClN2O2S. The van der Waals surface area contributed by atoms with Crippen LogP contribution in [-0.4, -0.2) is 35.6 Å². The third kappa shape index (κ3) is 2.92. The number of thioether (sulfide) groups is 1. The van der Waals surface area contributed by atoms with Crippen molar-refractivity contribution in [1.29, 1.82) is 0 Å². The molecule has 1 aromatic carbocycles. The van der Waals surface area contributed by atoms with Gasteiger partial charge in [0.2, 0.25) is 5.91 Å². The quantitative estimate of drug-likeness (QED) is 0.805. The number of amides is 1. The minimum absolute atomic E-state index is 0.0234. The van der Waals surface area contributed by atoms with Gasteiger partial charge in [-0.05, 0) is 12.1 Å². The average molecular weight is 271 g/mol. The van der Waals surface area contributed by atoms with Gasteiger partial charge in [0.05, 0.1) is 5.75 Å². The third-order valence-corrected chi connectivity index (χ3v) is 3.20. The first kappa shape index (κ1) is 12.3. The Hall–Kier alpha value is -1.20. The van der Waals surface area contributed by atoms with Crippen molar-refractivity contribution < 1.29 is 9.21 Å². The van der Waals surface area contributed by atoms with Crippen LogP contribution in [-0.2, 0) is 4.79 Å². The van der Waals surface area contributed by atoms with Gasteiger partial charge in [0.25, 0.3) is 5.22 Å². The van der Waals surface area contributed by atoms with Gasteiger partial charge < -0.3 is 9.32 Å². The monoisotopic (exact) mass is 270 g/mol. The van der Waals surface area contributed by atoms with Gasteiger partial charge in [0.15, 0.2) is 5.58 Å². The summed E-state index contributed by atoms with van der Waals surface area (Å²) in [7, 11) is 3.43. The van der Waals surface area contributed by atoms with Crippen molar-refractivity contribution in [3.05, 3.63) is 23.2 Å². The number of carbonyl (C=O) groups excluding carboxylic acids is 1. The van der Waals surface area contributed by atoms with Crippen LogP contribution in [0.2, 0.25) is 5.02 Å². The number of rotatable bonds is 3. The standard InChI is InChI=1S/C11H11ClN2O2S/c1-14(2)10(15)6-17-11-13-8-4-3-7(12)5-9(8)16-11/h3-5H,6H2,1-2H3. The van der Waals surface area contributed by atoms with Crippen LogP contribution >= 0.6 is 23.4 Å². The first-order valence-corrected chi connectivity index (χ1v) is 6.31. The predicted molar refractivity (Wildman–Crippen MR) is 68.4 cm³/mol. The zero-order chi connectivity index (χ0) is 12.4. The lowest BCUT2D eigenvalue weighted by Crippen LogP contribution is -2.23. The Morgan fingerprint density at radius 3 is 3.00 bits per heavy atom. The minimum Gasteiger partial charge on any atom is -0.431 e. The maximum Gasteiger partial charge on any atom is 0.257 e. The van der Waals surface area contributed by atoms with E-state index in [2.05, 4.69) is 4.98 Å². The SMILES string of the molecule is CN(C)C(=O)CSc1nc2ccc(Cl)cc2o1. The summed E-state index contributed by atoms with van der Waals surface area (Å²) >= 11 is 7.12. The normalized spacial score (nSPS) is 10.8. The molecule has 0 fully saturated rings. The molecule has 6 heteroatoms. The summed E-state index contributed by atoms with van der Waals surface area (Å²) in [6, 6.07) is 5.26. The second kappa shape index (κ2) is 4.98. The van der Waals surface area contributed by atoms with Crippen molar-refractivity contribution in [2.45, 2.75) is 5.22 Å². The summed E-state index contributed by atoms with van der Waals surface area (Å²) in [5.74, 6) is 0.336. The van der Waals surface area contributed by atoms with Gasteiger partial charge >= 0.3 is 0 Å². The summed E-state index contributed by atoms with van der Waals surface area (Å²) in [6.45, 7) is 0. The molecule has 0 saturated carbocycles. The molecule has 2 rings (SSSR count). The summed E-state index contributed by atoms with van der Waals surface area (Å²) < 4.78 is 5.48. The summed E-state index contributed by atoms with van der Waals surface area (Å²) in [6.07, 6.45) is 0. The van der Waals surface area contributed by atoms with Crippen molar-refractivity contribution in [1.82, 2.24) is 9.88 Å². The van der Waals surface area contributed by atoms with Gasteiger partial charge in [-0.3, -0.25) is 4.79 Å². The molecule has 4 nitrogen and oxygen atoms in total.